The zero-order valence-electron chi connectivity index (χ0n) is 10.9. The minimum absolute atomic E-state index is 0.808. The van der Waals surface area contributed by atoms with Gasteiger partial charge >= 0.3 is 0 Å². The lowest BCUT2D eigenvalue weighted by atomic mass is 10.1. The first-order valence-electron chi connectivity index (χ1n) is 6.48. The molecule has 1 unspecified atom stereocenters. The van der Waals surface area contributed by atoms with Crippen LogP contribution in [0.3, 0.4) is 0 Å². The predicted molar refractivity (Wildman–Crippen MR) is 71.8 cm³/mol. The van der Waals surface area contributed by atoms with Gasteiger partial charge in [0.1, 0.15) is 0 Å². The Morgan fingerprint density at radius 3 is 2.81 bits per heavy atom. The van der Waals surface area contributed by atoms with Gasteiger partial charge in [-0.3, -0.25) is 0 Å². The van der Waals surface area contributed by atoms with E-state index in [0.717, 1.165) is 25.4 Å². The van der Waals surface area contributed by atoms with E-state index in [0.29, 0.717) is 0 Å². The molecule has 1 N–H and O–H groups in total. The Kier molecular flexibility index (Phi) is 6.17. The van der Waals surface area contributed by atoms with Crippen molar-refractivity contribution in [3.63, 3.8) is 0 Å². The number of nitrogens with one attached hydrogen (secondary N) is 1. The summed E-state index contributed by atoms with van der Waals surface area (Å²) in [5.74, 6) is 0.808. The molecule has 0 saturated carbocycles. The topological polar surface area (TPSA) is 12.0 Å². The van der Waals surface area contributed by atoms with Crippen molar-refractivity contribution in [2.24, 2.45) is 5.92 Å². The van der Waals surface area contributed by atoms with Crippen molar-refractivity contribution in [1.29, 1.82) is 0 Å². The monoisotopic (exact) mass is 219 g/mol. The van der Waals surface area contributed by atoms with Crippen LogP contribution in [-0.4, -0.2) is 13.1 Å². The van der Waals surface area contributed by atoms with E-state index in [4.69, 9.17) is 0 Å². The van der Waals surface area contributed by atoms with Gasteiger partial charge in [0.05, 0.1) is 0 Å². The van der Waals surface area contributed by atoms with Crippen molar-refractivity contribution in [3.05, 3.63) is 35.4 Å². The molecular formula is C15H25N. The molecule has 1 heteroatoms. The number of benzene rings is 1. The molecule has 0 amide bonds. The average Bonchev–Trinajstić information content (AvgIpc) is 2.25. The Hall–Kier alpha value is -0.820. The highest BCUT2D eigenvalue weighted by atomic mass is 14.8. The van der Waals surface area contributed by atoms with E-state index in [1.165, 1.54) is 24.0 Å². The first-order chi connectivity index (χ1) is 7.72. The van der Waals surface area contributed by atoms with Gasteiger partial charge in [0.15, 0.2) is 0 Å². The van der Waals surface area contributed by atoms with Gasteiger partial charge in [-0.05, 0) is 44.3 Å². The maximum absolute atomic E-state index is 3.54. The SMILES string of the molecule is CCCC(C)CNCCc1cccc(C)c1. The molecule has 0 aliphatic rings. The Labute approximate surface area is 100 Å². The smallest absolute Gasteiger partial charge is 0.000824 e. The average molecular weight is 219 g/mol. The van der Waals surface area contributed by atoms with E-state index in [1.807, 2.05) is 0 Å². The Bertz CT molecular complexity index is 293. The van der Waals surface area contributed by atoms with Crippen LogP contribution in [0.5, 0.6) is 0 Å². The highest BCUT2D eigenvalue weighted by molar-refractivity contribution is 5.22. The van der Waals surface area contributed by atoms with Crippen LogP contribution in [-0.2, 0) is 6.42 Å². The lowest BCUT2D eigenvalue weighted by Gasteiger charge is -2.11. The van der Waals surface area contributed by atoms with Gasteiger partial charge in [0.2, 0.25) is 0 Å². The number of rotatable bonds is 7. The summed E-state index contributed by atoms with van der Waals surface area (Å²) in [6, 6.07) is 8.78. The van der Waals surface area contributed by atoms with Crippen LogP contribution in [0.15, 0.2) is 24.3 Å². The van der Waals surface area contributed by atoms with Crippen molar-refractivity contribution < 1.29 is 0 Å². The van der Waals surface area contributed by atoms with E-state index in [9.17, 15) is 0 Å². The molecule has 0 spiro atoms. The van der Waals surface area contributed by atoms with E-state index in [-0.39, 0.29) is 0 Å². The summed E-state index contributed by atoms with van der Waals surface area (Å²) in [7, 11) is 0. The van der Waals surface area contributed by atoms with Gasteiger partial charge < -0.3 is 5.32 Å². The van der Waals surface area contributed by atoms with E-state index in [1.54, 1.807) is 0 Å². The molecule has 0 saturated heterocycles. The quantitative estimate of drug-likeness (QED) is 0.691. The zero-order chi connectivity index (χ0) is 11.8. The zero-order valence-corrected chi connectivity index (χ0v) is 10.9. The van der Waals surface area contributed by atoms with Crippen LogP contribution in [0.4, 0.5) is 0 Å². The van der Waals surface area contributed by atoms with Gasteiger partial charge in [0.25, 0.3) is 0 Å². The largest absolute Gasteiger partial charge is 0.316 e. The fourth-order valence-electron chi connectivity index (χ4n) is 2.04. The molecule has 0 bridgehead atoms. The number of aryl methyl sites for hydroxylation is 1. The Morgan fingerprint density at radius 1 is 1.31 bits per heavy atom. The summed E-state index contributed by atoms with van der Waals surface area (Å²) in [6.07, 6.45) is 3.76. The fourth-order valence-corrected chi connectivity index (χ4v) is 2.04. The number of hydrogen-bond acceptors (Lipinski definition) is 1. The molecule has 1 nitrogen and oxygen atoms in total. The third kappa shape index (κ3) is 5.32. The molecule has 16 heavy (non-hydrogen) atoms. The third-order valence-corrected chi connectivity index (χ3v) is 2.95. The molecule has 0 aliphatic heterocycles. The summed E-state index contributed by atoms with van der Waals surface area (Å²) in [5, 5.41) is 3.54. The lowest BCUT2D eigenvalue weighted by Crippen LogP contribution is -2.23. The predicted octanol–water partition coefficient (Wildman–Crippen LogP) is 3.56. The molecule has 1 rings (SSSR count). The highest BCUT2D eigenvalue weighted by Gasteiger charge is 1.99. The van der Waals surface area contributed by atoms with Gasteiger partial charge in [-0.1, -0.05) is 50.1 Å². The van der Waals surface area contributed by atoms with Crippen molar-refractivity contribution in [2.45, 2.75) is 40.0 Å². The lowest BCUT2D eigenvalue weighted by molar-refractivity contribution is 0.478. The van der Waals surface area contributed by atoms with Crippen LogP contribution in [0.1, 0.15) is 37.8 Å². The second-order valence-corrected chi connectivity index (χ2v) is 4.84. The first-order valence-corrected chi connectivity index (χ1v) is 6.48. The standard InChI is InChI=1S/C15H25N/c1-4-6-14(3)12-16-10-9-15-8-5-7-13(2)11-15/h5,7-8,11,14,16H,4,6,9-10,12H2,1-3H3. The summed E-state index contributed by atoms with van der Waals surface area (Å²) >= 11 is 0. The van der Waals surface area contributed by atoms with E-state index in [2.05, 4.69) is 50.4 Å². The normalized spacial score (nSPS) is 12.7. The molecule has 0 aliphatic carbocycles. The highest BCUT2D eigenvalue weighted by Crippen LogP contribution is 2.05. The third-order valence-electron chi connectivity index (χ3n) is 2.95. The second kappa shape index (κ2) is 7.45. The van der Waals surface area contributed by atoms with Crippen molar-refractivity contribution in [2.75, 3.05) is 13.1 Å². The van der Waals surface area contributed by atoms with Crippen LogP contribution in [0, 0.1) is 12.8 Å². The summed E-state index contributed by atoms with van der Waals surface area (Å²) in [4.78, 5) is 0. The van der Waals surface area contributed by atoms with Gasteiger partial charge in [-0.15, -0.1) is 0 Å². The number of hydrogen-bond donors (Lipinski definition) is 1. The van der Waals surface area contributed by atoms with Crippen molar-refractivity contribution >= 4 is 0 Å². The van der Waals surface area contributed by atoms with E-state index >= 15 is 0 Å². The fraction of sp³-hybridized carbons (Fsp3) is 0.600. The molecule has 0 fully saturated rings. The van der Waals surface area contributed by atoms with E-state index < -0.39 is 0 Å². The van der Waals surface area contributed by atoms with Gasteiger partial charge in [-0.25, -0.2) is 0 Å². The minimum atomic E-state index is 0.808. The van der Waals surface area contributed by atoms with Crippen LogP contribution in [0.2, 0.25) is 0 Å². The Morgan fingerprint density at radius 2 is 2.12 bits per heavy atom. The maximum Gasteiger partial charge on any atom is -0.000824 e. The Balaban J connectivity index is 2.16. The van der Waals surface area contributed by atoms with Crippen LogP contribution >= 0.6 is 0 Å². The minimum Gasteiger partial charge on any atom is -0.316 e. The molecule has 0 heterocycles. The van der Waals surface area contributed by atoms with Crippen molar-refractivity contribution in [3.8, 4) is 0 Å². The van der Waals surface area contributed by atoms with Gasteiger partial charge in [0, 0.05) is 0 Å². The summed E-state index contributed by atoms with van der Waals surface area (Å²) in [6.45, 7) is 8.98. The first kappa shape index (κ1) is 13.2. The summed E-state index contributed by atoms with van der Waals surface area (Å²) in [5.41, 5.74) is 2.80. The molecule has 1 aromatic carbocycles. The summed E-state index contributed by atoms with van der Waals surface area (Å²) < 4.78 is 0. The van der Waals surface area contributed by atoms with Crippen molar-refractivity contribution in [1.82, 2.24) is 5.32 Å². The molecule has 90 valence electrons. The molecular weight excluding hydrogens is 194 g/mol. The molecule has 0 aromatic heterocycles. The van der Waals surface area contributed by atoms with Gasteiger partial charge in [-0.2, -0.15) is 0 Å². The van der Waals surface area contributed by atoms with Crippen LogP contribution < -0.4 is 5.32 Å². The molecule has 1 atom stereocenters. The molecule has 1 aromatic rings. The second-order valence-electron chi connectivity index (χ2n) is 4.84. The molecule has 0 radical (unpaired) electrons. The van der Waals surface area contributed by atoms with Crippen LogP contribution in [0.25, 0.3) is 0 Å². The maximum atomic E-state index is 3.54.